The van der Waals surface area contributed by atoms with Gasteiger partial charge < -0.3 is 25.7 Å². The fraction of sp³-hybridized carbons (Fsp3) is 0.350. The van der Waals surface area contributed by atoms with Crippen LogP contribution < -0.4 is 15.5 Å². The molecular weight excluding hydrogens is 400 g/mol. The number of amides is 1. The Kier molecular flexibility index (Phi) is 4.77. The molecule has 0 unspecified atom stereocenters. The van der Waals surface area contributed by atoms with Crippen LogP contribution in [0, 0.1) is 0 Å². The zero-order valence-electron chi connectivity index (χ0n) is 16.7. The lowest BCUT2D eigenvalue weighted by molar-refractivity contribution is -0.117. The summed E-state index contributed by atoms with van der Waals surface area (Å²) in [7, 11) is 0. The molecule has 3 aromatic heterocycles. The average Bonchev–Trinajstić information content (AvgIpc) is 3.50. The number of pyridine rings is 1. The number of fused-ring (bicyclic) bond motifs is 1. The number of aromatic amines is 1. The highest BCUT2D eigenvalue weighted by Crippen LogP contribution is 2.33. The number of nitrogens with one attached hydrogen (secondary N) is 3. The predicted molar refractivity (Wildman–Crippen MR) is 112 cm³/mol. The van der Waals surface area contributed by atoms with Crippen LogP contribution in [0.3, 0.4) is 0 Å². The molecule has 0 aromatic carbocycles. The van der Waals surface area contributed by atoms with Gasteiger partial charge in [0.25, 0.3) is 0 Å². The minimum absolute atomic E-state index is 0.0339. The summed E-state index contributed by atoms with van der Waals surface area (Å²) < 4.78 is 0. The summed E-state index contributed by atoms with van der Waals surface area (Å²) >= 11 is 0. The highest BCUT2D eigenvalue weighted by atomic mass is 16.3. The molecule has 0 radical (unpaired) electrons. The Morgan fingerprint density at radius 1 is 1.19 bits per heavy atom. The summed E-state index contributed by atoms with van der Waals surface area (Å²) in [6.07, 6.45) is 5.67. The maximum absolute atomic E-state index is 12.9. The summed E-state index contributed by atoms with van der Waals surface area (Å²) in [5.41, 5.74) is 2.54. The van der Waals surface area contributed by atoms with E-state index in [2.05, 4.69) is 25.8 Å². The van der Waals surface area contributed by atoms with Crippen molar-refractivity contribution in [1.29, 1.82) is 0 Å². The van der Waals surface area contributed by atoms with Crippen molar-refractivity contribution >= 4 is 29.2 Å². The number of aromatic nitrogens is 5. The largest absolute Gasteiger partial charge is 0.494 e. The van der Waals surface area contributed by atoms with Crippen LogP contribution in [0.1, 0.15) is 30.5 Å². The zero-order valence-corrected chi connectivity index (χ0v) is 16.7. The van der Waals surface area contributed by atoms with Gasteiger partial charge >= 0.3 is 0 Å². The Hall–Kier alpha value is -3.89. The molecule has 11 nitrogen and oxygen atoms in total. The van der Waals surface area contributed by atoms with Gasteiger partial charge in [-0.25, -0.2) is 15.1 Å². The van der Waals surface area contributed by atoms with Crippen molar-refractivity contribution in [3.8, 4) is 11.8 Å². The fourth-order valence-electron chi connectivity index (χ4n) is 4.11. The fourth-order valence-corrected chi connectivity index (χ4v) is 4.11. The molecular formula is C20H22N8O3. The third-order valence-corrected chi connectivity index (χ3v) is 5.56. The van der Waals surface area contributed by atoms with Gasteiger partial charge in [-0.3, -0.25) is 4.79 Å². The average molecular weight is 422 g/mol. The summed E-state index contributed by atoms with van der Waals surface area (Å²) in [5, 5.41) is 31.4. The summed E-state index contributed by atoms with van der Waals surface area (Å²) in [5.74, 6) is 1.32. The molecule has 11 heteroatoms. The molecule has 1 atom stereocenters. The number of aromatic hydroxyl groups is 2. The lowest BCUT2D eigenvalue weighted by atomic mass is 10.2. The first-order valence-electron chi connectivity index (χ1n) is 10.2. The highest BCUT2D eigenvalue weighted by Gasteiger charge is 2.34. The van der Waals surface area contributed by atoms with Crippen LogP contribution in [-0.2, 0) is 17.6 Å². The van der Waals surface area contributed by atoms with Crippen molar-refractivity contribution in [2.24, 2.45) is 0 Å². The lowest BCUT2D eigenvalue weighted by Gasteiger charge is -2.25. The Balaban J connectivity index is 1.41. The quantitative estimate of drug-likeness (QED) is 0.415. The third kappa shape index (κ3) is 3.81. The van der Waals surface area contributed by atoms with E-state index in [1.165, 1.54) is 18.3 Å². The van der Waals surface area contributed by atoms with Crippen LogP contribution in [0.2, 0.25) is 0 Å². The van der Waals surface area contributed by atoms with Crippen LogP contribution in [0.25, 0.3) is 0 Å². The van der Waals surface area contributed by atoms with E-state index >= 15 is 0 Å². The first-order valence-corrected chi connectivity index (χ1v) is 10.2. The number of carbonyl (C=O) groups is 1. The van der Waals surface area contributed by atoms with Crippen molar-refractivity contribution < 1.29 is 15.0 Å². The van der Waals surface area contributed by atoms with Gasteiger partial charge in [0.2, 0.25) is 23.6 Å². The topological polar surface area (TPSA) is 152 Å². The smallest absolute Gasteiger partial charge is 0.247 e. The number of H-pyrrole nitrogens is 1. The minimum atomic E-state index is -0.407. The second kappa shape index (κ2) is 7.74. The van der Waals surface area contributed by atoms with Crippen LogP contribution >= 0.6 is 0 Å². The van der Waals surface area contributed by atoms with E-state index < -0.39 is 6.04 Å². The van der Waals surface area contributed by atoms with Gasteiger partial charge in [0.1, 0.15) is 11.9 Å². The number of hydrogen-bond acceptors (Lipinski definition) is 9. The Bertz CT molecular complexity index is 1110. The highest BCUT2D eigenvalue weighted by molar-refractivity contribution is 5.97. The van der Waals surface area contributed by atoms with Crippen LogP contribution in [0.15, 0.2) is 24.4 Å². The van der Waals surface area contributed by atoms with Crippen molar-refractivity contribution in [1.82, 2.24) is 25.1 Å². The second-order valence-electron chi connectivity index (χ2n) is 7.66. The van der Waals surface area contributed by atoms with Crippen LogP contribution in [0.5, 0.6) is 11.8 Å². The van der Waals surface area contributed by atoms with Gasteiger partial charge in [-0.2, -0.15) is 10.1 Å². The predicted octanol–water partition coefficient (Wildman–Crippen LogP) is 1.85. The van der Waals surface area contributed by atoms with Gasteiger partial charge in [-0.05, 0) is 38.2 Å². The Labute approximate surface area is 177 Å². The van der Waals surface area contributed by atoms with Gasteiger partial charge in [0.05, 0.1) is 17.6 Å². The third-order valence-electron chi connectivity index (χ3n) is 5.56. The lowest BCUT2D eigenvalue weighted by Crippen LogP contribution is -2.40. The minimum Gasteiger partial charge on any atom is -0.494 e. The molecule has 5 rings (SSSR count). The number of hydrogen-bond donors (Lipinski definition) is 5. The molecule has 2 aliphatic rings. The van der Waals surface area contributed by atoms with E-state index in [4.69, 9.17) is 9.97 Å². The standard InChI is InChI=1S/C20H22N8O3/c29-16-7-6-11(10-21-16)22-19(31)14-5-2-8-28(14)20-23-13-4-1-3-12(13)18(25-20)24-15-9-17(30)27-26-15/h6-7,9-10,14H,1-5,8H2,(H,21,29)(H,22,31)(H3,23,24,25,26,27,30)/t14-/m1/s1. The van der Waals surface area contributed by atoms with Crippen LogP contribution in [-0.4, -0.2) is 53.9 Å². The molecule has 0 bridgehead atoms. The molecule has 3 aromatic rings. The maximum Gasteiger partial charge on any atom is 0.247 e. The van der Waals surface area contributed by atoms with E-state index in [9.17, 15) is 15.0 Å². The van der Waals surface area contributed by atoms with Crippen molar-refractivity contribution in [2.45, 2.75) is 38.1 Å². The van der Waals surface area contributed by atoms with Crippen molar-refractivity contribution in [3.63, 3.8) is 0 Å². The maximum atomic E-state index is 12.9. The second-order valence-corrected chi connectivity index (χ2v) is 7.66. The zero-order chi connectivity index (χ0) is 21.4. The molecule has 0 saturated carbocycles. The molecule has 4 heterocycles. The monoisotopic (exact) mass is 422 g/mol. The molecule has 1 amide bonds. The van der Waals surface area contributed by atoms with Crippen molar-refractivity contribution in [2.75, 3.05) is 22.1 Å². The van der Waals surface area contributed by atoms with Gasteiger partial charge in [-0.1, -0.05) is 0 Å². The SMILES string of the molecule is O=C(Nc1ccc(O)nc1)[C@H]1CCCN1c1nc2c(c(Nc3cc(O)[nH]n3)n1)CCC2. The molecule has 1 fully saturated rings. The number of anilines is 4. The van der Waals surface area contributed by atoms with Crippen molar-refractivity contribution in [3.05, 3.63) is 35.7 Å². The normalized spacial score (nSPS) is 17.5. The summed E-state index contributed by atoms with van der Waals surface area (Å²) in [6, 6.07) is 4.11. The number of rotatable bonds is 5. The van der Waals surface area contributed by atoms with E-state index in [1.807, 2.05) is 4.90 Å². The molecule has 1 saturated heterocycles. The first kappa shape index (κ1) is 19.1. The van der Waals surface area contributed by atoms with Crippen LogP contribution in [0.4, 0.5) is 23.3 Å². The number of aryl methyl sites for hydroxylation is 1. The molecule has 0 spiro atoms. The first-order chi connectivity index (χ1) is 15.1. The summed E-state index contributed by atoms with van der Waals surface area (Å²) in [6.45, 7) is 0.674. The van der Waals surface area contributed by atoms with E-state index in [0.29, 0.717) is 36.2 Å². The van der Waals surface area contributed by atoms with Gasteiger partial charge in [-0.15, -0.1) is 0 Å². The van der Waals surface area contributed by atoms with Gasteiger partial charge in [0, 0.05) is 24.2 Å². The Morgan fingerprint density at radius 2 is 2.10 bits per heavy atom. The number of carbonyl (C=O) groups excluding carboxylic acids is 1. The Morgan fingerprint density at radius 3 is 2.87 bits per heavy atom. The summed E-state index contributed by atoms with van der Waals surface area (Å²) in [4.78, 5) is 28.2. The van der Waals surface area contributed by atoms with Gasteiger partial charge in [0.15, 0.2) is 5.82 Å². The molecule has 31 heavy (non-hydrogen) atoms. The molecule has 1 aliphatic carbocycles. The number of nitrogens with zero attached hydrogens (tertiary/aromatic N) is 5. The van der Waals surface area contributed by atoms with E-state index in [1.54, 1.807) is 6.07 Å². The molecule has 1 aliphatic heterocycles. The molecule has 160 valence electrons. The van der Waals surface area contributed by atoms with E-state index in [-0.39, 0.29) is 17.7 Å². The molecule has 5 N–H and O–H groups in total. The van der Waals surface area contributed by atoms with E-state index in [0.717, 1.165) is 36.9 Å².